The molecule has 2 aromatic rings. The molecule has 0 radical (unpaired) electrons. The van der Waals surface area contributed by atoms with Crippen molar-refractivity contribution in [3.8, 4) is 0 Å². The Morgan fingerprint density at radius 3 is 2.60 bits per heavy atom. The molecule has 0 aliphatic heterocycles. The number of pyridine rings is 1. The molecule has 0 unspecified atom stereocenters. The predicted molar refractivity (Wildman–Crippen MR) is 65.9 cm³/mol. The first-order valence-electron chi connectivity index (χ1n) is 4.87. The molecule has 0 saturated carbocycles. The largest absolute Gasteiger partial charge is 0.252 e. The van der Waals surface area contributed by atoms with Gasteiger partial charge >= 0.3 is 0 Å². The highest BCUT2D eigenvalue weighted by atomic mass is 35.5. The summed E-state index contributed by atoms with van der Waals surface area (Å²) in [5.74, 6) is 0. The molecule has 15 heavy (non-hydrogen) atoms. The maximum absolute atomic E-state index is 6.19. The van der Waals surface area contributed by atoms with Crippen LogP contribution in [-0.2, 0) is 6.42 Å². The number of hydrogen-bond donors (Lipinski definition) is 0. The Balaban J connectivity index is 2.85. The first kappa shape index (κ1) is 10.7. The van der Waals surface area contributed by atoms with E-state index in [4.69, 9.17) is 23.2 Å². The summed E-state index contributed by atoms with van der Waals surface area (Å²) in [6, 6.07) is 5.67. The molecule has 0 saturated heterocycles. The van der Waals surface area contributed by atoms with Gasteiger partial charge in [-0.2, -0.15) is 0 Å². The molecule has 0 aliphatic carbocycles. The summed E-state index contributed by atoms with van der Waals surface area (Å²) in [6.07, 6.45) is 0.887. The fourth-order valence-corrected chi connectivity index (χ4v) is 2.19. The fraction of sp³-hybridized carbons (Fsp3) is 0.250. The highest BCUT2D eigenvalue weighted by molar-refractivity contribution is 6.36. The van der Waals surface area contributed by atoms with Crippen LogP contribution in [0.1, 0.15) is 18.2 Å². The van der Waals surface area contributed by atoms with E-state index in [9.17, 15) is 0 Å². The second kappa shape index (κ2) is 3.99. The SMILES string of the molecule is CCc1cc(Cl)c2cc(Cl)cc(C)c2n1. The minimum atomic E-state index is 0.702. The average Bonchev–Trinajstić information content (AvgIpc) is 2.19. The van der Waals surface area contributed by atoms with Gasteiger partial charge in [-0.15, -0.1) is 0 Å². The van der Waals surface area contributed by atoms with Gasteiger partial charge in [-0.25, -0.2) is 0 Å². The van der Waals surface area contributed by atoms with Crippen molar-refractivity contribution in [3.63, 3.8) is 0 Å². The van der Waals surface area contributed by atoms with Crippen molar-refractivity contribution in [1.82, 2.24) is 4.98 Å². The number of benzene rings is 1. The van der Waals surface area contributed by atoms with E-state index in [1.165, 1.54) is 0 Å². The van der Waals surface area contributed by atoms with Crippen LogP contribution < -0.4 is 0 Å². The summed E-state index contributed by atoms with van der Waals surface area (Å²) in [5.41, 5.74) is 3.02. The lowest BCUT2D eigenvalue weighted by Gasteiger charge is -2.06. The maximum Gasteiger partial charge on any atom is 0.0750 e. The number of halogens is 2. The normalized spacial score (nSPS) is 10.9. The van der Waals surface area contributed by atoms with Gasteiger partial charge in [-0.1, -0.05) is 30.1 Å². The van der Waals surface area contributed by atoms with Crippen LogP contribution in [0.25, 0.3) is 10.9 Å². The summed E-state index contributed by atoms with van der Waals surface area (Å²) in [6.45, 7) is 4.06. The van der Waals surface area contributed by atoms with Crippen LogP contribution in [0, 0.1) is 6.92 Å². The van der Waals surface area contributed by atoms with E-state index in [0.717, 1.165) is 33.6 Å². The molecule has 0 amide bonds. The van der Waals surface area contributed by atoms with Crippen molar-refractivity contribution < 1.29 is 0 Å². The Morgan fingerprint density at radius 2 is 1.93 bits per heavy atom. The number of hydrogen-bond acceptors (Lipinski definition) is 1. The topological polar surface area (TPSA) is 12.9 Å². The predicted octanol–water partition coefficient (Wildman–Crippen LogP) is 4.41. The van der Waals surface area contributed by atoms with Crippen LogP contribution in [0.5, 0.6) is 0 Å². The van der Waals surface area contributed by atoms with Gasteiger partial charge in [0.05, 0.1) is 10.5 Å². The zero-order chi connectivity index (χ0) is 11.0. The molecule has 78 valence electrons. The molecule has 0 fully saturated rings. The van der Waals surface area contributed by atoms with Gasteiger partial charge in [0, 0.05) is 16.1 Å². The number of aromatic nitrogens is 1. The van der Waals surface area contributed by atoms with Crippen molar-refractivity contribution >= 4 is 34.1 Å². The van der Waals surface area contributed by atoms with E-state index in [1.54, 1.807) is 0 Å². The fourth-order valence-electron chi connectivity index (χ4n) is 1.65. The third-order valence-electron chi connectivity index (χ3n) is 2.43. The summed E-state index contributed by atoms with van der Waals surface area (Å²) >= 11 is 12.2. The van der Waals surface area contributed by atoms with E-state index in [-0.39, 0.29) is 0 Å². The minimum absolute atomic E-state index is 0.702. The van der Waals surface area contributed by atoms with Crippen LogP contribution in [0.4, 0.5) is 0 Å². The van der Waals surface area contributed by atoms with Crippen molar-refractivity contribution in [1.29, 1.82) is 0 Å². The van der Waals surface area contributed by atoms with Crippen molar-refractivity contribution in [2.24, 2.45) is 0 Å². The van der Waals surface area contributed by atoms with E-state index >= 15 is 0 Å². The van der Waals surface area contributed by atoms with E-state index in [2.05, 4.69) is 11.9 Å². The van der Waals surface area contributed by atoms with Crippen LogP contribution in [0.15, 0.2) is 18.2 Å². The third-order valence-corrected chi connectivity index (χ3v) is 2.96. The van der Waals surface area contributed by atoms with E-state index in [0.29, 0.717) is 5.02 Å². The lowest BCUT2D eigenvalue weighted by Crippen LogP contribution is -1.91. The van der Waals surface area contributed by atoms with Gasteiger partial charge in [0.1, 0.15) is 0 Å². The Kier molecular flexibility index (Phi) is 2.85. The molecule has 3 heteroatoms. The Labute approximate surface area is 99.0 Å². The van der Waals surface area contributed by atoms with Gasteiger partial charge in [0.25, 0.3) is 0 Å². The Hall–Kier alpha value is -0.790. The molecule has 1 aromatic heterocycles. The van der Waals surface area contributed by atoms with Gasteiger partial charge in [0.2, 0.25) is 0 Å². The van der Waals surface area contributed by atoms with Gasteiger partial charge in [-0.3, -0.25) is 4.98 Å². The first-order chi connectivity index (χ1) is 7.11. The second-order valence-corrected chi connectivity index (χ2v) is 4.41. The number of nitrogens with zero attached hydrogens (tertiary/aromatic N) is 1. The lowest BCUT2D eigenvalue weighted by atomic mass is 10.1. The third kappa shape index (κ3) is 1.95. The molecule has 0 bridgehead atoms. The highest BCUT2D eigenvalue weighted by Gasteiger charge is 2.06. The standard InChI is InChI=1S/C12H11Cl2N/c1-3-9-6-11(14)10-5-8(13)4-7(2)12(10)15-9/h4-6H,3H2,1-2H3. The molecule has 0 spiro atoms. The van der Waals surface area contributed by atoms with Gasteiger partial charge in [0.15, 0.2) is 0 Å². The van der Waals surface area contributed by atoms with Gasteiger partial charge in [-0.05, 0) is 37.1 Å². The Morgan fingerprint density at radius 1 is 1.20 bits per heavy atom. The number of aryl methyl sites for hydroxylation is 2. The molecule has 1 nitrogen and oxygen atoms in total. The van der Waals surface area contributed by atoms with Crippen LogP contribution in [0.2, 0.25) is 10.0 Å². The highest BCUT2D eigenvalue weighted by Crippen LogP contribution is 2.28. The van der Waals surface area contributed by atoms with Crippen molar-refractivity contribution in [3.05, 3.63) is 39.5 Å². The molecule has 0 N–H and O–H groups in total. The van der Waals surface area contributed by atoms with Gasteiger partial charge < -0.3 is 0 Å². The smallest absolute Gasteiger partial charge is 0.0750 e. The molecular weight excluding hydrogens is 229 g/mol. The Bertz CT molecular complexity index is 521. The summed E-state index contributed by atoms with van der Waals surface area (Å²) < 4.78 is 0. The lowest BCUT2D eigenvalue weighted by molar-refractivity contribution is 1.05. The second-order valence-electron chi connectivity index (χ2n) is 3.57. The zero-order valence-electron chi connectivity index (χ0n) is 8.64. The summed E-state index contributed by atoms with van der Waals surface area (Å²) in [4.78, 5) is 4.55. The minimum Gasteiger partial charge on any atom is -0.252 e. The summed E-state index contributed by atoms with van der Waals surface area (Å²) in [7, 11) is 0. The molecule has 0 aliphatic rings. The zero-order valence-corrected chi connectivity index (χ0v) is 10.2. The molecule has 2 rings (SSSR count). The van der Waals surface area contributed by atoms with Crippen LogP contribution in [-0.4, -0.2) is 4.98 Å². The van der Waals surface area contributed by atoms with Crippen LogP contribution >= 0.6 is 23.2 Å². The van der Waals surface area contributed by atoms with Crippen molar-refractivity contribution in [2.75, 3.05) is 0 Å². The first-order valence-corrected chi connectivity index (χ1v) is 5.62. The molecule has 0 atom stereocenters. The van der Waals surface area contributed by atoms with E-state index in [1.807, 2.05) is 25.1 Å². The van der Waals surface area contributed by atoms with Crippen molar-refractivity contribution in [2.45, 2.75) is 20.3 Å². The molecular formula is C12H11Cl2N. The van der Waals surface area contributed by atoms with E-state index < -0.39 is 0 Å². The monoisotopic (exact) mass is 239 g/mol. The molecule has 1 heterocycles. The maximum atomic E-state index is 6.19. The quantitative estimate of drug-likeness (QED) is 0.719. The summed E-state index contributed by atoms with van der Waals surface area (Å²) in [5, 5.41) is 2.36. The average molecular weight is 240 g/mol. The van der Waals surface area contributed by atoms with Crippen LogP contribution in [0.3, 0.4) is 0 Å². The number of rotatable bonds is 1. The number of fused-ring (bicyclic) bond motifs is 1. The molecule has 1 aromatic carbocycles.